The van der Waals surface area contributed by atoms with Crippen LogP contribution in [0.1, 0.15) is 98.1 Å². The van der Waals surface area contributed by atoms with Crippen molar-refractivity contribution in [2.24, 2.45) is 16.7 Å². The zero-order valence-electron chi connectivity index (χ0n) is 34.2. The molecule has 0 unspecified atom stereocenters. The highest BCUT2D eigenvalue weighted by atomic mass is 35.5. The highest BCUT2D eigenvalue weighted by Crippen LogP contribution is 2.55. The molecular weight excluding hydrogens is 767 g/mol. The van der Waals surface area contributed by atoms with E-state index in [9.17, 15) is 19.6 Å². The SMILES string of the molecule is C=C1CC[C@H](NC(=O)c2ccc(N3CCC(N4CCC(C#Cc5ccc(C(=O)NC6C(C)(C)C(Oc7ccc(C#N)c(Cl)c7)C6(C)C)cc5)CC4)CC3)cc2F)C(=O)N1. The molecule has 59 heavy (non-hydrogen) atoms. The first-order valence-electron chi connectivity index (χ1n) is 20.5. The van der Waals surface area contributed by atoms with Gasteiger partial charge in [-0.3, -0.25) is 14.4 Å². The van der Waals surface area contributed by atoms with E-state index in [1.54, 1.807) is 24.3 Å². The number of nitrogens with zero attached hydrogens (tertiary/aromatic N) is 3. The number of amides is 3. The Morgan fingerprint density at radius 1 is 0.915 bits per heavy atom. The minimum atomic E-state index is -0.705. The number of carbonyl (C=O) groups is 3. The van der Waals surface area contributed by atoms with Gasteiger partial charge in [-0.25, -0.2) is 4.39 Å². The van der Waals surface area contributed by atoms with Crippen LogP contribution in [0.5, 0.6) is 5.75 Å². The maximum absolute atomic E-state index is 15.1. The number of rotatable bonds is 8. The van der Waals surface area contributed by atoms with Crippen molar-refractivity contribution in [3.63, 3.8) is 0 Å². The predicted molar refractivity (Wildman–Crippen MR) is 226 cm³/mol. The lowest BCUT2D eigenvalue weighted by Crippen LogP contribution is -2.74. The van der Waals surface area contributed by atoms with E-state index in [0.29, 0.717) is 52.4 Å². The maximum atomic E-state index is 15.1. The minimum Gasteiger partial charge on any atom is -0.489 e. The third-order valence-corrected chi connectivity index (χ3v) is 13.0. The molecule has 308 valence electrons. The van der Waals surface area contributed by atoms with Crippen LogP contribution >= 0.6 is 11.6 Å². The van der Waals surface area contributed by atoms with Gasteiger partial charge < -0.3 is 30.5 Å². The molecular formula is C47H52ClFN6O4. The Morgan fingerprint density at radius 3 is 2.24 bits per heavy atom. The summed E-state index contributed by atoms with van der Waals surface area (Å²) in [5.74, 6) is 6.05. The van der Waals surface area contributed by atoms with Gasteiger partial charge in [0, 0.05) is 70.5 Å². The van der Waals surface area contributed by atoms with Crippen molar-refractivity contribution in [2.75, 3.05) is 31.1 Å². The number of nitriles is 1. The summed E-state index contributed by atoms with van der Waals surface area (Å²) in [7, 11) is 0. The van der Waals surface area contributed by atoms with Gasteiger partial charge in [0.05, 0.1) is 16.1 Å². The third-order valence-electron chi connectivity index (χ3n) is 12.7. The molecule has 3 saturated heterocycles. The van der Waals surface area contributed by atoms with Crippen LogP contribution in [0.25, 0.3) is 0 Å². The predicted octanol–water partition coefficient (Wildman–Crippen LogP) is 7.22. The lowest BCUT2D eigenvalue weighted by molar-refractivity contribution is -0.164. The minimum absolute atomic E-state index is 0.0699. The quantitative estimate of drug-likeness (QED) is 0.205. The summed E-state index contributed by atoms with van der Waals surface area (Å²) in [4.78, 5) is 43.1. The molecule has 3 aromatic rings. The van der Waals surface area contributed by atoms with Crippen LogP contribution in [0.4, 0.5) is 10.1 Å². The van der Waals surface area contributed by atoms with Gasteiger partial charge in [0.15, 0.2) is 0 Å². The summed E-state index contributed by atoms with van der Waals surface area (Å²) in [6.07, 6.45) is 4.76. The number of piperidine rings is 3. The van der Waals surface area contributed by atoms with Gasteiger partial charge in [0.2, 0.25) is 5.91 Å². The number of hydrogen-bond acceptors (Lipinski definition) is 7. The van der Waals surface area contributed by atoms with Gasteiger partial charge in [0.25, 0.3) is 11.8 Å². The fraction of sp³-hybridized carbons (Fsp3) is 0.447. The van der Waals surface area contributed by atoms with E-state index in [1.165, 1.54) is 12.1 Å². The average molecular weight is 819 g/mol. The lowest BCUT2D eigenvalue weighted by Gasteiger charge is -2.63. The number of benzene rings is 3. The van der Waals surface area contributed by atoms with Crippen LogP contribution in [0.3, 0.4) is 0 Å². The Hall–Kier alpha value is -5.36. The summed E-state index contributed by atoms with van der Waals surface area (Å²) in [6.45, 7) is 15.7. The Morgan fingerprint density at radius 2 is 1.61 bits per heavy atom. The molecule has 0 spiro atoms. The number of halogens is 2. The standard InChI is InChI=1S/C47H52ClFN6O4/c1-29-6-17-40(43(58)51-29)52-42(57)37-16-14-35(26-39(37)49)55-24-20-34(21-25-55)54-22-18-31(19-23-54)8-7-30-9-11-32(12-10-30)41(56)53-44-46(2,3)45(47(44,4)5)59-36-15-13-33(28-50)38(48)27-36/h9-16,26-27,31,34,40,44-45H,1,6,17-25H2,2-5H3,(H,51,58)(H,52,57)(H,53,56)/t40-,44?,45?/m0/s1. The molecule has 1 aliphatic carbocycles. The normalized spacial score (nSPS) is 23.1. The van der Waals surface area contributed by atoms with E-state index in [4.69, 9.17) is 16.3 Å². The first kappa shape index (κ1) is 41.8. The summed E-state index contributed by atoms with van der Waals surface area (Å²) >= 11 is 6.24. The highest BCUT2D eigenvalue weighted by molar-refractivity contribution is 6.31. The zero-order chi connectivity index (χ0) is 42.1. The summed E-state index contributed by atoms with van der Waals surface area (Å²) in [6, 6.07) is 18.9. The van der Waals surface area contributed by atoms with E-state index in [0.717, 1.165) is 63.1 Å². The Kier molecular flexibility index (Phi) is 12.1. The van der Waals surface area contributed by atoms with Gasteiger partial charge in [-0.15, -0.1) is 0 Å². The molecule has 4 aliphatic rings. The van der Waals surface area contributed by atoms with Gasteiger partial charge >= 0.3 is 0 Å². The molecule has 3 heterocycles. The number of hydrogen-bond donors (Lipinski definition) is 3. The second kappa shape index (κ2) is 17.1. The topological polar surface area (TPSA) is 127 Å². The average Bonchev–Trinajstić information content (AvgIpc) is 3.22. The molecule has 12 heteroatoms. The molecule has 4 fully saturated rings. The number of likely N-dealkylation sites (tertiary alicyclic amines) is 1. The second-order valence-electron chi connectivity index (χ2n) is 17.5. The van der Waals surface area contributed by atoms with Crippen molar-refractivity contribution < 1.29 is 23.5 Å². The zero-order valence-corrected chi connectivity index (χ0v) is 34.9. The molecule has 3 amide bonds. The molecule has 0 radical (unpaired) electrons. The third kappa shape index (κ3) is 8.98. The summed E-state index contributed by atoms with van der Waals surface area (Å²) < 4.78 is 21.5. The number of nitrogens with one attached hydrogen (secondary N) is 3. The number of allylic oxidation sites excluding steroid dienone is 1. The van der Waals surface area contributed by atoms with Crippen molar-refractivity contribution in [2.45, 2.75) is 90.4 Å². The van der Waals surface area contributed by atoms with E-state index in [-0.39, 0.29) is 40.4 Å². The van der Waals surface area contributed by atoms with Gasteiger partial charge in [-0.05, 0) is 106 Å². The molecule has 0 aromatic heterocycles. The largest absolute Gasteiger partial charge is 0.489 e. The van der Waals surface area contributed by atoms with Crippen molar-refractivity contribution >= 4 is 35.0 Å². The van der Waals surface area contributed by atoms with Crippen LogP contribution in [-0.2, 0) is 4.79 Å². The van der Waals surface area contributed by atoms with Crippen molar-refractivity contribution in [1.82, 2.24) is 20.9 Å². The van der Waals surface area contributed by atoms with E-state index < -0.39 is 17.8 Å². The lowest BCUT2D eigenvalue weighted by atomic mass is 9.49. The number of anilines is 1. The van der Waals surface area contributed by atoms with Crippen molar-refractivity contribution in [1.29, 1.82) is 5.26 Å². The Labute approximate surface area is 351 Å². The Bertz CT molecular complexity index is 2210. The summed E-state index contributed by atoms with van der Waals surface area (Å²) in [5.41, 5.74) is 2.44. The van der Waals surface area contributed by atoms with E-state index >= 15 is 4.39 Å². The molecule has 10 nitrogen and oxygen atoms in total. The maximum Gasteiger partial charge on any atom is 0.254 e. The monoisotopic (exact) mass is 818 g/mol. The molecule has 1 saturated carbocycles. The van der Waals surface area contributed by atoms with Crippen LogP contribution in [0.15, 0.2) is 72.9 Å². The smallest absolute Gasteiger partial charge is 0.254 e. The van der Waals surface area contributed by atoms with Crippen LogP contribution in [0, 0.1) is 45.7 Å². The summed E-state index contributed by atoms with van der Waals surface area (Å²) in [5, 5.41) is 18.1. The molecule has 7 rings (SSSR count). The second-order valence-corrected chi connectivity index (χ2v) is 17.9. The van der Waals surface area contributed by atoms with E-state index in [1.807, 2.05) is 24.3 Å². The van der Waals surface area contributed by atoms with Gasteiger partial charge in [0.1, 0.15) is 29.8 Å². The fourth-order valence-corrected chi connectivity index (χ4v) is 9.84. The first-order valence-corrected chi connectivity index (χ1v) is 20.9. The van der Waals surface area contributed by atoms with Crippen molar-refractivity contribution in [3.8, 4) is 23.7 Å². The molecule has 0 bridgehead atoms. The van der Waals surface area contributed by atoms with Crippen LogP contribution < -0.4 is 25.6 Å². The van der Waals surface area contributed by atoms with Gasteiger partial charge in [-0.1, -0.05) is 57.7 Å². The molecule has 1 atom stereocenters. The number of ether oxygens (including phenoxy) is 1. The van der Waals surface area contributed by atoms with Crippen LogP contribution in [-0.4, -0.2) is 73.0 Å². The molecule has 3 N–H and O–H groups in total. The first-order chi connectivity index (χ1) is 28.1. The number of carbonyl (C=O) groups excluding carboxylic acids is 3. The fourth-order valence-electron chi connectivity index (χ4n) is 9.63. The Balaban J connectivity index is 0.848. The van der Waals surface area contributed by atoms with Gasteiger partial charge in [-0.2, -0.15) is 5.26 Å². The van der Waals surface area contributed by atoms with Crippen LogP contribution in [0.2, 0.25) is 5.02 Å². The molecule has 3 aromatic carbocycles. The highest BCUT2D eigenvalue weighted by Gasteiger charge is 2.64. The van der Waals surface area contributed by atoms with E-state index in [2.05, 4.69) is 77.9 Å². The molecule has 3 aliphatic heterocycles. The van der Waals surface area contributed by atoms with Crippen molar-refractivity contribution in [3.05, 3.63) is 106 Å².